The highest BCUT2D eigenvalue weighted by atomic mass is 16.1. The molecule has 4 heteroatoms. The number of aromatic nitrogens is 2. The third-order valence-electron chi connectivity index (χ3n) is 2.83. The summed E-state index contributed by atoms with van der Waals surface area (Å²) < 4.78 is 1.76. The van der Waals surface area contributed by atoms with Crippen molar-refractivity contribution in [1.29, 1.82) is 0 Å². The number of Topliss-reactive ketones (excluding diaryl/α,β-unsaturated/α-hetero) is 1. The largest absolute Gasteiger partial charge is 0.315 e. The highest BCUT2D eigenvalue weighted by molar-refractivity contribution is 5.99. The summed E-state index contributed by atoms with van der Waals surface area (Å²) in [5.74, 6) is 0.204. The number of ketones is 1. The van der Waals surface area contributed by atoms with Crippen LogP contribution in [0.3, 0.4) is 0 Å². The van der Waals surface area contributed by atoms with Crippen molar-refractivity contribution >= 4 is 5.78 Å². The summed E-state index contributed by atoms with van der Waals surface area (Å²) in [6, 6.07) is 1.80. The lowest BCUT2D eigenvalue weighted by molar-refractivity contribution is 0.0709. The summed E-state index contributed by atoms with van der Waals surface area (Å²) in [6.07, 6.45) is 1.69. The molecule has 1 saturated heterocycles. The van der Waals surface area contributed by atoms with Gasteiger partial charge in [-0.25, -0.2) is 0 Å². The lowest BCUT2D eigenvalue weighted by Gasteiger charge is -2.37. The van der Waals surface area contributed by atoms with Gasteiger partial charge in [-0.3, -0.25) is 9.48 Å². The van der Waals surface area contributed by atoms with Gasteiger partial charge in [0.1, 0.15) is 5.69 Å². The number of aryl methyl sites for hydroxylation is 1. The summed E-state index contributed by atoms with van der Waals surface area (Å²) in [5.41, 5.74) is 0.518. The molecule has 1 aromatic rings. The van der Waals surface area contributed by atoms with Crippen LogP contribution in [0.5, 0.6) is 0 Å². The lowest BCUT2D eigenvalue weighted by Crippen LogP contribution is -2.56. The summed E-state index contributed by atoms with van der Waals surface area (Å²) in [5, 5.41) is 7.23. The molecule has 1 aromatic heterocycles. The first-order chi connectivity index (χ1) is 6.67. The topological polar surface area (TPSA) is 46.9 Å². The van der Waals surface area contributed by atoms with Crippen molar-refractivity contribution in [2.24, 2.45) is 5.41 Å². The molecule has 1 N–H and O–H groups in total. The van der Waals surface area contributed by atoms with E-state index in [0.29, 0.717) is 0 Å². The van der Waals surface area contributed by atoms with Crippen molar-refractivity contribution in [3.8, 4) is 0 Å². The molecule has 76 valence electrons. The van der Waals surface area contributed by atoms with Crippen molar-refractivity contribution in [1.82, 2.24) is 15.1 Å². The van der Waals surface area contributed by atoms with Crippen LogP contribution in [-0.2, 0) is 6.54 Å². The monoisotopic (exact) mass is 193 g/mol. The third-order valence-corrected chi connectivity index (χ3v) is 2.83. The second-order valence-electron chi connectivity index (χ2n) is 4.03. The fraction of sp³-hybridized carbons (Fsp3) is 0.600. The molecule has 0 atom stereocenters. The van der Waals surface area contributed by atoms with E-state index in [2.05, 4.69) is 10.4 Å². The molecular weight excluding hydrogens is 178 g/mol. The Morgan fingerprint density at radius 1 is 1.71 bits per heavy atom. The Kier molecular flexibility index (Phi) is 2.15. The number of nitrogens with one attached hydrogen (secondary N) is 1. The molecule has 0 aromatic carbocycles. The predicted molar refractivity (Wildman–Crippen MR) is 53.2 cm³/mol. The van der Waals surface area contributed by atoms with E-state index in [9.17, 15) is 4.79 Å². The van der Waals surface area contributed by atoms with E-state index < -0.39 is 0 Å². The van der Waals surface area contributed by atoms with Crippen LogP contribution in [0.25, 0.3) is 0 Å². The quantitative estimate of drug-likeness (QED) is 0.719. The van der Waals surface area contributed by atoms with Gasteiger partial charge in [-0.1, -0.05) is 0 Å². The van der Waals surface area contributed by atoms with Gasteiger partial charge in [0.25, 0.3) is 0 Å². The van der Waals surface area contributed by atoms with E-state index in [1.807, 2.05) is 13.8 Å². The minimum absolute atomic E-state index is 0.204. The predicted octanol–water partition coefficient (Wildman–Crippen LogP) is 0.695. The summed E-state index contributed by atoms with van der Waals surface area (Å²) >= 11 is 0. The van der Waals surface area contributed by atoms with Gasteiger partial charge in [0.15, 0.2) is 5.78 Å². The Morgan fingerprint density at radius 3 is 2.93 bits per heavy atom. The third kappa shape index (κ3) is 1.26. The molecule has 0 spiro atoms. The normalized spacial score (nSPS) is 19.0. The van der Waals surface area contributed by atoms with Gasteiger partial charge in [0, 0.05) is 25.8 Å². The number of carbonyl (C=O) groups excluding carboxylic acids is 1. The molecule has 0 unspecified atom stereocenters. The van der Waals surface area contributed by atoms with E-state index in [1.54, 1.807) is 16.9 Å². The Hall–Kier alpha value is -1.16. The fourth-order valence-electron chi connectivity index (χ4n) is 1.75. The van der Waals surface area contributed by atoms with E-state index in [1.165, 1.54) is 0 Å². The average Bonchev–Trinajstić information content (AvgIpc) is 2.60. The maximum atomic E-state index is 12.1. The molecule has 1 aliphatic rings. The molecule has 4 nitrogen and oxygen atoms in total. The number of carbonyl (C=O) groups is 1. The van der Waals surface area contributed by atoms with Gasteiger partial charge in [-0.05, 0) is 19.9 Å². The maximum Gasteiger partial charge on any atom is 0.189 e. The zero-order valence-electron chi connectivity index (χ0n) is 8.58. The first kappa shape index (κ1) is 9.40. The maximum absolute atomic E-state index is 12.1. The van der Waals surface area contributed by atoms with Crippen LogP contribution in [-0.4, -0.2) is 28.7 Å². The second-order valence-corrected chi connectivity index (χ2v) is 4.03. The molecule has 0 radical (unpaired) electrons. The van der Waals surface area contributed by atoms with Gasteiger partial charge in [0.2, 0.25) is 0 Å². The van der Waals surface area contributed by atoms with E-state index in [4.69, 9.17) is 0 Å². The van der Waals surface area contributed by atoms with Crippen molar-refractivity contribution in [2.75, 3.05) is 13.1 Å². The van der Waals surface area contributed by atoms with Crippen LogP contribution in [0.1, 0.15) is 24.3 Å². The first-order valence-corrected chi connectivity index (χ1v) is 4.95. The summed E-state index contributed by atoms with van der Waals surface area (Å²) in [6.45, 7) is 6.29. The van der Waals surface area contributed by atoms with E-state index >= 15 is 0 Å². The van der Waals surface area contributed by atoms with Crippen LogP contribution >= 0.6 is 0 Å². The summed E-state index contributed by atoms with van der Waals surface area (Å²) in [7, 11) is 0. The zero-order valence-corrected chi connectivity index (χ0v) is 8.58. The van der Waals surface area contributed by atoms with E-state index in [-0.39, 0.29) is 11.2 Å². The molecule has 0 saturated carbocycles. The molecule has 2 heterocycles. The fourth-order valence-corrected chi connectivity index (χ4v) is 1.75. The Morgan fingerprint density at radius 2 is 2.43 bits per heavy atom. The van der Waals surface area contributed by atoms with Crippen molar-refractivity contribution in [3.05, 3.63) is 18.0 Å². The van der Waals surface area contributed by atoms with Gasteiger partial charge in [0.05, 0.1) is 5.41 Å². The van der Waals surface area contributed by atoms with E-state index in [0.717, 1.165) is 25.3 Å². The molecule has 2 rings (SSSR count). The minimum atomic E-state index is -0.215. The highest BCUT2D eigenvalue weighted by Crippen LogP contribution is 2.26. The summed E-state index contributed by atoms with van der Waals surface area (Å²) in [4.78, 5) is 12.1. The lowest BCUT2D eigenvalue weighted by atomic mass is 9.78. The van der Waals surface area contributed by atoms with Crippen LogP contribution in [0.2, 0.25) is 0 Å². The molecule has 0 aliphatic carbocycles. The molecule has 0 amide bonds. The number of nitrogens with zero attached hydrogens (tertiary/aromatic N) is 2. The zero-order chi connectivity index (χ0) is 10.2. The number of hydrogen-bond acceptors (Lipinski definition) is 3. The molecule has 0 bridgehead atoms. The average molecular weight is 193 g/mol. The first-order valence-electron chi connectivity index (χ1n) is 4.95. The standard InChI is InChI=1S/C10H15N3O/c1-3-13-8(4-5-12-13)9(14)10(2)6-11-7-10/h4-5,11H,3,6-7H2,1-2H3. The highest BCUT2D eigenvalue weighted by Gasteiger charge is 2.40. The van der Waals surface area contributed by atoms with Crippen LogP contribution in [0, 0.1) is 5.41 Å². The molecular formula is C10H15N3O. The van der Waals surface area contributed by atoms with Crippen molar-refractivity contribution < 1.29 is 4.79 Å². The van der Waals surface area contributed by atoms with Crippen molar-refractivity contribution in [3.63, 3.8) is 0 Å². The van der Waals surface area contributed by atoms with Gasteiger partial charge < -0.3 is 5.32 Å². The van der Waals surface area contributed by atoms with Gasteiger partial charge >= 0.3 is 0 Å². The Bertz CT molecular complexity index is 352. The smallest absolute Gasteiger partial charge is 0.189 e. The van der Waals surface area contributed by atoms with Gasteiger partial charge in [-0.15, -0.1) is 0 Å². The molecule has 1 aliphatic heterocycles. The molecule has 1 fully saturated rings. The molecule has 14 heavy (non-hydrogen) atoms. The Labute approximate surface area is 83.3 Å². The minimum Gasteiger partial charge on any atom is -0.315 e. The van der Waals surface area contributed by atoms with Gasteiger partial charge in [-0.2, -0.15) is 5.10 Å². The number of rotatable bonds is 3. The van der Waals surface area contributed by atoms with Crippen LogP contribution in [0.15, 0.2) is 12.3 Å². The van der Waals surface area contributed by atoms with Crippen molar-refractivity contribution in [2.45, 2.75) is 20.4 Å². The van der Waals surface area contributed by atoms with Crippen LogP contribution in [0.4, 0.5) is 0 Å². The number of hydrogen-bond donors (Lipinski definition) is 1. The van der Waals surface area contributed by atoms with Crippen LogP contribution < -0.4 is 5.32 Å². The SMILES string of the molecule is CCn1nccc1C(=O)C1(C)CNC1. The second kappa shape index (κ2) is 3.20. The Balaban J connectivity index is 2.26.